The summed E-state index contributed by atoms with van der Waals surface area (Å²) in [5.41, 5.74) is 21.9. The lowest BCUT2D eigenvalue weighted by Gasteiger charge is -2.33. The monoisotopic (exact) mass is 903 g/mol. The molecule has 0 rings (SSSR count). The van der Waals surface area contributed by atoms with Crippen molar-refractivity contribution in [2.24, 2.45) is 28.3 Å². The molecule has 0 amide bonds. The molecular formula is C43H90N4O13S. The fraction of sp³-hybridized carbons (Fsp3) is 0.977. The van der Waals surface area contributed by atoms with Gasteiger partial charge in [0.25, 0.3) is 0 Å². The van der Waals surface area contributed by atoms with Crippen LogP contribution < -0.4 is 22.9 Å². The molecule has 0 saturated carbocycles. The zero-order chi connectivity index (χ0) is 44.4. The van der Waals surface area contributed by atoms with Gasteiger partial charge in [-0.2, -0.15) is 11.8 Å². The average molecular weight is 903 g/mol. The fourth-order valence-electron chi connectivity index (χ4n) is 5.55. The van der Waals surface area contributed by atoms with Gasteiger partial charge < -0.3 is 79.8 Å². The molecule has 1 unspecified atom stereocenters. The highest BCUT2D eigenvalue weighted by Gasteiger charge is 2.32. The van der Waals surface area contributed by atoms with Gasteiger partial charge in [0.05, 0.1) is 144 Å². The molecule has 0 radical (unpaired) electrons. The van der Waals surface area contributed by atoms with Gasteiger partial charge in [0.2, 0.25) is 0 Å². The molecule has 17 nitrogen and oxygen atoms in total. The van der Waals surface area contributed by atoms with Crippen LogP contribution in [-0.4, -0.2) is 202 Å². The fourth-order valence-corrected chi connectivity index (χ4v) is 6.09. The lowest BCUT2D eigenvalue weighted by atomic mass is 9.92. The standard InChI is InChI=1S/C43H90N4O13S/c1-61-36-41(47)42(48)12-11-19-52-23-27-56-31-35-60-40-43(37-57-32-28-53-24-20-49-16-8-2-5-13-44,38-58-33-29-54-25-21-50-17-9-3-6-14-45)39-59-34-30-55-26-22-51-18-10-4-7-15-46/h41H,2-40,44-47H2,1H3. The summed E-state index contributed by atoms with van der Waals surface area (Å²) in [6.45, 7) is 13.2. The van der Waals surface area contributed by atoms with Crippen molar-refractivity contribution in [1.82, 2.24) is 0 Å². The molecule has 0 spiro atoms. The second-order valence-electron chi connectivity index (χ2n) is 14.8. The number of unbranched alkanes of at least 4 members (excludes halogenated alkanes) is 6. The minimum Gasteiger partial charge on any atom is -0.379 e. The summed E-state index contributed by atoms with van der Waals surface area (Å²) in [4.78, 5) is 12.0. The van der Waals surface area contributed by atoms with E-state index in [9.17, 15) is 4.79 Å². The largest absolute Gasteiger partial charge is 0.379 e. The van der Waals surface area contributed by atoms with E-state index in [-0.39, 0.29) is 5.78 Å². The van der Waals surface area contributed by atoms with Crippen LogP contribution in [0.4, 0.5) is 0 Å². The van der Waals surface area contributed by atoms with E-state index >= 15 is 0 Å². The van der Waals surface area contributed by atoms with Gasteiger partial charge in [-0.1, -0.05) is 0 Å². The predicted octanol–water partition coefficient (Wildman–Crippen LogP) is 2.60. The van der Waals surface area contributed by atoms with Gasteiger partial charge in [0.1, 0.15) is 5.78 Å². The Balaban J connectivity index is 4.97. The molecule has 18 heteroatoms. The Hall–Kier alpha value is -0.620. The Morgan fingerprint density at radius 3 is 0.934 bits per heavy atom. The molecule has 0 aliphatic rings. The molecule has 0 aromatic heterocycles. The van der Waals surface area contributed by atoms with Gasteiger partial charge in [-0.3, -0.25) is 4.79 Å². The van der Waals surface area contributed by atoms with E-state index in [0.29, 0.717) is 197 Å². The zero-order valence-electron chi connectivity index (χ0n) is 38.2. The molecule has 0 bridgehead atoms. The molecule has 0 aromatic rings. The highest BCUT2D eigenvalue weighted by Crippen LogP contribution is 2.21. The van der Waals surface area contributed by atoms with Crippen LogP contribution in [0.2, 0.25) is 0 Å². The van der Waals surface area contributed by atoms with Gasteiger partial charge >= 0.3 is 0 Å². The van der Waals surface area contributed by atoms with Crippen molar-refractivity contribution in [3.63, 3.8) is 0 Å². The topological polar surface area (TPSA) is 232 Å². The van der Waals surface area contributed by atoms with E-state index < -0.39 is 11.5 Å². The van der Waals surface area contributed by atoms with Crippen molar-refractivity contribution in [3.05, 3.63) is 0 Å². The number of thioether (sulfide) groups is 1. The van der Waals surface area contributed by atoms with Crippen LogP contribution in [0.5, 0.6) is 0 Å². The normalized spacial score (nSPS) is 12.5. The highest BCUT2D eigenvalue weighted by atomic mass is 32.2. The Kier molecular flexibility index (Phi) is 49.9. The zero-order valence-corrected chi connectivity index (χ0v) is 39.0. The third-order valence-electron chi connectivity index (χ3n) is 9.06. The minimum absolute atomic E-state index is 0.0708. The van der Waals surface area contributed by atoms with Crippen molar-refractivity contribution >= 4 is 17.5 Å². The Labute approximate surface area is 373 Å². The van der Waals surface area contributed by atoms with E-state index in [4.69, 9.17) is 79.8 Å². The lowest BCUT2D eigenvalue weighted by Crippen LogP contribution is -2.43. The van der Waals surface area contributed by atoms with Crippen LogP contribution >= 0.6 is 11.8 Å². The van der Waals surface area contributed by atoms with Crippen LogP contribution in [0.15, 0.2) is 0 Å². The van der Waals surface area contributed by atoms with Gasteiger partial charge in [-0.15, -0.1) is 0 Å². The number of hydrogen-bond acceptors (Lipinski definition) is 18. The molecular weight excluding hydrogens is 813 g/mol. The van der Waals surface area contributed by atoms with Gasteiger partial charge in [0.15, 0.2) is 0 Å². The number of carbonyl (C=O) groups is 1. The highest BCUT2D eigenvalue weighted by molar-refractivity contribution is 7.98. The number of nitrogens with two attached hydrogens (primary N) is 4. The number of hydrogen-bond donors (Lipinski definition) is 4. The van der Waals surface area contributed by atoms with E-state index in [1.165, 1.54) is 0 Å². The molecule has 0 aliphatic carbocycles. The van der Waals surface area contributed by atoms with E-state index in [0.717, 1.165) is 57.8 Å². The van der Waals surface area contributed by atoms with Gasteiger partial charge in [-0.25, -0.2) is 0 Å². The van der Waals surface area contributed by atoms with E-state index in [1.807, 2.05) is 6.26 Å². The smallest absolute Gasteiger partial charge is 0.150 e. The van der Waals surface area contributed by atoms with Crippen LogP contribution in [0, 0.1) is 5.41 Å². The summed E-state index contributed by atoms with van der Waals surface area (Å²) < 4.78 is 70.3. The maximum Gasteiger partial charge on any atom is 0.150 e. The lowest BCUT2D eigenvalue weighted by molar-refractivity contribution is -0.123. The van der Waals surface area contributed by atoms with Crippen molar-refractivity contribution in [2.45, 2.75) is 76.7 Å². The molecule has 0 aromatic carbocycles. The SMILES string of the molecule is CSCC(N)C(=O)CCCOCCOCCOCC(COCCOCCOCCCCCN)(COCCOCCOCCCCCN)COCCOCCOCCCCCN. The quantitative estimate of drug-likeness (QED) is 0.0643. The maximum atomic E-state index is 12.0. The second-order valence-corrected chi connectivity index (χ2v) is 15.7. The van der Waals surface area contributed by atoms with E-state index in [1.54, 1.807) is 11.8 Å². The third-order valence-corrected chi connectivity index (χ3v) is 9.75. The minimum atomic E-state index is -0.620. The first kappa shape index (κ1) is 60.4. The molecule has 0 saturated heterocycles. The summed E-state index contributed by atoms with van der Waals surface area (Å²) in [6, 6.07) is -0.411. The summed E-state index contributed by atoms with van der Waals surface area (Å²) in [6.07, 6.45) is 12.3. The molecule has 0 fully saturated rings. The summed E-state index contributed by atoms with van der Waals surface area (Å²) in [5.74, 6) is 0.706. The average Bonchev–Trinajstić information content (AvgIpc) is 3.26. The first-order valence-electron chi connectivity index (χ1n) is 22.9. The third kappa shape index (κ3) is 44.4. The molecule has 61 heavy (non-hydrogen) atoms. The first-order valence-corrected chi connectivity index (χ1v) is 24.2. The number of rotatable bonds is 54. The predicted molar refractivity (Wildman–Crippen MR) is 242 cm³/mol. The number of ether oxygens (including phenoxy) is 12. The maximum absolute atomic E-state index is 12.0. The second kappa shape index (κ2) is 50.4. The Morgan fingerprint density at radius 1 is 0.393 bits per heavy atom. The van der Waals surface area contributed by atoms with Crippen LogP contribution in [-0.2, 0) is 61.6 Å². The number of carbonyl (C=O) groups excluding carboxylic acids is 1. The Morgan fingerprint density at radius 2 is 0.656 bits per heavy atom. The molecule has 366 valence electrons. The van der Waals surface area contributed by atoms with Crippen molar-refractivity contribution in [3.8, 4) is 0 Å². The van der Waals surface area contributed by atoms with Crippen LogP contribution in [0.3, 0.4) is 0 Å². The first-order chi connectivity index (χ1) is 30.0. The van der Waals surface area contributed by atoms with Crippen molar-refractivity contribution in [2.75, 3.05) is 190 Å². The van der Waals surface area contributed by atoms with Gasteiger partial charge in [-0.05, 0) is 90.1 Å². The summed E-state index contributed by atoms with van der Waals surface area (Å²) in [5, 5.41) is 0. The molecule has 0 aliphatic heterocycles. The van der Waals surface area contributed by atoms with Crippen molar-refractivity contribution < 1.29 is 61.6 Å². The van der Waals surface area contributed by atoms with Crippen LogP contribution in [0.25, 0.3) is 0 Å². The molecule has 1 atom stereocenters. The Bertz CT molecular complexity index is 810. The van der Waals surface area contributed by atoms with E-state index in [2.05, 4.69) is 0 Å². The number of Topliss-reactive ketones (excluding diaryl/α,β-unsaturated/α-hetero) is 1. The molecule has 0 heterocycles. The number of ketones is 1. The molecule has 8 N–H and O–H groups in total. The summed E-state index contributed by atoms with van der Waals surface area (Å²) in [7, 11) is 0. The van der Waals surface area contributed by atoms with Crippen LogP contribution in [0.1, 0.15) is 70.6 Å². The van der Waals surface area contributed by atoms with Crippen molar-refractivity contribution in [1.29, 1.82) is 0 Å². The van der Waals surface area contributed by atoms with Gasteiger partial charge in [0, 0.05) is 38.6 Å². The summed E-state index contributed by atoms with van der Waals surface area (Å²) >= 11 is 1.57.